The molecule has 2 rings (SSSR count). The molecule has 18 heavy (non-hydrogen) atoms. The first-order valence-electron chi connectivity index (χ1n) is 5.68. The molecule has 1 aliphatic heterocycles. The van der Waals surface area contributed by atoms with Crippen LogP contribution in [0.4, 0.5) is 4.39 Å². The van der Waals surface area contributed by atoms with E-state index < -0.39 is 20.9 Å². The summed E-state index contributed by atoms with van der Waals surface area (Å²) < 4.78 is 43.3. The summed E-state index contributed by atoms with van der Waals surface area (Å²) in [5.41, 5.74) is 0.0401. The van der Waals surface area contributed by atoms with Gasteiger partial charge in [-0.1, -0.05) is 17.7 Å². The molecule has 3 nitrogen and oxygen atoms in total. The van der Waals surface area contributed by atoms with Crippen molar-refractivity contribution in [2.45, 2.75) is 30.5 Å². The van der Waals surface area contributed by atoms with E-state index in [0.717, 1.165) is 0 Å². The third-order valence-electron chi connectivity index (χ3n) is 3.18. The summed E-state index contributed by atoms with van der Waals surface area (Å²) in [6.07, 6.45) is 0.107. The molecule has 1 saturated heterocycles. The van der Waals surface area contributed by atoms with Crippen molar-refractivity contribution in [2.75, 3.05) is 6.61 Å². The molecule has 0 radical (unpaired) electrons. The number of benzene rings is 1. The topological polar surface area (TPSA) is 43.4 Å². The zero-order chi connectivity index (χ0) is 13.3. The first-order chi connectivity index (χ1) is 8.42. The van der Waals surface area contributed by atoms with Crippen LogP contribution < -0.4 is 0 Å². The lowest BCUT2D eigenvalue weighted by Crippen LogP contribution is -2.29. The Bertz CT molecular complexity index is 524. The molecule has 0 amide bonds. The highest BCUT2D eigenvalue weighted by Gasteiger charge is 2.36. The van der Waals surface area contributed by atoms with Crippen LogP contribution in [0.5, 0.6) is 0 Å². The summed E-state index contributed by atoms with van der Waals surface area (Å²) in [4.78, 5) is 0. The van der Waals surface area contributed by atoms with Crippen LogP contribution in [0.3, 0.4) is 0 Å². The van der Waals surface area contributed by atoms with Gasteiger partial charge in [-0.15, -0.1) is 0 Å². The lowest BCUT2D eigenvalue weighted by atomic mass is 10.2. The van der Waals surface area contributed by atoms with E-state index in [2.05, 4.69) is 0 Å². The molecule has 2 atom stereocenters. The molecule has 1 aliphatic rings. The van der Waals surface area contributed by atoms with E-state index in [0.29, 0.717) is 13.0 Å². The van der Waals surface area contributed by atoms with E-state index in [1.807, 2.05) is 0 Å². The van der Waals surface area contributed by atoms with E-state index in [9.17, 15) is 12.8 Å². The molecule has 0 bridgehead atoms. The summed E-state index contributed by atoms with van der Waals surface area (Å²) in [6.45, 7) is 2.15. The van der Waals surface area contributed by atoms with Gasteiger partial charge in [0.25, 0.3) is 0 Å². The van der Waals surface area contributed by atoms with Crippen molar-refractivity contribution in [3.8, 4) is 0 Å². The van der Waals surface area contributed by atoms with Crippen LogP contribution in [0.25, 0.3) is 0 Å². The Kier molecular flexibility index (Phi) is 3.94. The van der Waals surface area contributed by atoms with E-state index >= 15 is 0 Å². The van der Waals surface area contributed by atoms with Crippen LogP contribution in [-0.4, -0.2) is 26.4 Å². The molecule has 0 spiro atoms. The van der Waals surface area contributed by atoms with Gasteiger partial charge in [-0.2, -0.15) is 0 Å². The molecule has 0 aliphatic carbocycles. The molecule has 1 aromatic rings. The molecule has 1 fully saturated rings. The van der Waals surface area contributed by atoms with Crippen molar-refractivity contribution >= 4 is 21.4 Å². The van der Waals surface area contributed by atoms with Gasteiger partial charge in [0.15, 0.2) is 9.84 Å². The summed E-state index contributed by atoms with van der Waals surface area (Å²) in [6, 6.07) is 4.16. The number of sulfone groups is 1. The molecule has 0 unspecified atom stereocenters. The van der Waals surface area contributed by atoms with Crippen LogP contribution in [0.15, 0.2) is 18.2 Å². The fraction of sp³-hybridized carbons (Fsp3) is 0.500. The van der Waals surface area contributed by atoms with Crippen molar-refractivity contribution in [3.63, 3.8) is 0 Å². The number of ether oxygens (including phenoxy) is 1. The van der Waals surface area contributed by atoms with E-state index in [4.69, 9.17) is 16.3 Å². The molecular formula is C12H14ClFO3S. The Labute approximate surface area is 111 Å². The fourth-order valence-corrected chi connectivity index (χ4v) is 4.50. The van der Waals surface area contributed by atoms with Crippen molar-refractivity contribution in [1.82, 2.24) is 0 Å². The Morgan fingerprint density at radius 1 is 1.50 bits per heavy atom. The number of hydrogen-bond donors (Lipinski definition) is 0. The second-order valence-corrected chi connectivity index (χ2v) is 7.04. The predicted octanol–water partition coefficient (Wildman–Crippen LogP) is 2.57. The number of halogens is 2. The van der Waals surface area contributed by atoms with Crippen LogP contribution in [0, 0.1) is 5.82 Å². The average Bonchev–Trinajstić information content (AvgIpc) is 2.71. The molecule has 100 valence electrons. The quantitative estimate of drug-likeness (QED) is 0.860. The number of rotatable bonds is 3. The first kappa shape index (κ1) is 13.8. The zero-order valence-electron chi connectivity index (χ0n) is 9.90. The molecular weight excluding hydrogens is 279 g/mol. The van der Waals surface area contributed by atoms with Crippen molar-refractivity contribution in [3.05, 3.63) is 34.6 Å². The Hall–Kier alpha value is -0.650. The summed E-state index contributed by atoms with van der Waals surface area (Å²) in [5, 5.41) is -0.432. The first-order valence-corrected chi connectivity index (χ1v) is 7.77. The van der Waals surface area contributed by atoms with E-state index in [1.54, 1.807) is 6.92 Å². The molecule has 0 saturated carbocycles. The molecule has 1 aromatic carbocycles. The second-order valence-electron chi connectivity index (χ2n) is 4.41. The molecule has 0 N–H and O–H groups in total. The maximum absolute atomic E-state index is 13.6. The van der Waals surface area contributed by atoms with Crippen molar-refractivity contribution in [1.29, 1.82) is 0 Å². The SMILES string of the molecule is C[C@@H]1OCC[C@@H]1S(=O)(=O)Cc1c(F)cccc1Cl. The van der Waals surface area contributed by atoms with E-state index in [1.165, 1.54) is 18.2 Å². The van der Waals surface area contributed by atoms with Gasteiger partial charge in [-0.3, -0.25) is 0 Å². The molecule has 6 heteroatoms. The highest BCUT2D eigenvalue weighted by Crippen LogP contribution is 2.27. The summed E-state index contributed by atoms with van der Waals surface area (Å²) in [5.74, 6) is -0.964. The van der Waals surface area contributed by atoms with Gasteiger partial charge < -0.3 is 4.74 Å². The smallest absolute Gasteiger partial charge is 0.160 e. The third kappa shape index (κ3) is 2.68. The lowest BCUT2D eigenvalue weighted by molar-refractivity contribution is 0.126. The zero-order valence-corrected chi connectivity index (χ0v) is 11.5. The maximum Gasteiger partial charge on any atom is 0.160 e. The van der Waals surface area contributed by atoms with Gasteiger partial charge in [0.05, 0.1) is 17.1 Å². The highest BCUT2D eigenvalue weighted by atomic mass is 35.5. The standard InChI is InChI=1S/C12H14ClFO3S/c1-8-12(5-6-17-8)18(15,16)7-9-10(13)3-2-4-11(9)14/h2-4,8,12H,5-7H2,1H3/t8-,12-/m0/s1. The second kappa shape index (κ2) is 5.15. The van der Waals surface area contributed by atoms with Gasteiger partial charge in [0.1, 0.15) is 5.82 Å². The van der Waals surface area contributed by atoms with Crippen molar-refractivity contribution in [2.24, 2.45) is 0 Å². The van der Waals surface area contributed by atoms with E-state index in [-0.39, 0.29) is 22.4 Å². The summed E-state index contributed by atoms with van der Waals surface area (Å²) in [7, 11) is -3.46. The van der Waals surface area contributed by atoms with Gasteiger partial charge in [0, 0.05) is 17.2 Å². The molecule has 1 heterocycles. The van der Waals surface area contributed by atoms with Crippen molar-refractivity contribution < 1.29 is 17.5 Å². The Morgan fingerprint density at radius 2 is 2.22 bits per heavy atom. The Balaban J connectivity index is 2.28. The minimum absolute atomic E-state index is 0.0401. The third-order valence-corrected chi connectivity index (χ3v) is 5.76. The van der Waals surface area contributed by atoms with Crippen LogP contribution in [-0.2, 0) is 20.3 Å². The maximum atomic E-state index is 13.6. The molecule has 0 aromatic heterocycles. The highest BCUT2D eigenvalue weighted by molar-refractivity contribution is 7.91. The van der Waals surface area contributed by atoms with Gasteiger partial charge in [0.2, 0.25) is 0 Å². The van der Waals surface area contributed by atoms with Gasteiger partial charge in [-0.05, 0) is 25.5 Å². The Morgan fingerprint density at radius 3 is 2.78 bits per heavy atom. The predicted molar refractivity (Wildman–Crippen MR) is 67.9 cm³/mol. The number of hydrogen-bond acceptors (Lipinski definition) is 3. The minimum Gasteiger partial charge on any atom is -0.377 e. The monoisotopic (exact) mass is 292 g/mol. The summed E-state index contributed by atoms with van der Waals surface area (Å²) >= 11 is 5.84. The van der Waals surface area contributed by atoms with Crippen LogP contribution in [0.1, 0.15) is 18.9 Å². The van der Waals surface area contributed by atoms with Crippen LogP contribution >= 0.6 is 11.6 Å². The van der Waals surface area contributed by atoms with Gasteiger partial charge in [-0.25, -0.2) is 12.8 Å². The lowest BCUT2D eigenvalue weighted by Gasteiger charge is -2.15. The van der Waals surface area contributed by atoms with Crippen LogP contribution in [0.2, 0.25) is 5.02 Å². The average molecular weight is 293 g/mol. The minimum atomic E-state index is -3.46. The van der Waals surface area contributed by atoms with Gasteiger partial charge >= 0.3 is 0 Å². The fourth-order valence-electron chi connectivity index (χ4n) is 2.16. The largest absolute Gasteiger partial charge is 0.377 e. The normalized spacial score (nSPS) is 24.4.